The third-order valence-electron chi connectivity index (χ3n) is 6.06. The summed E-state index contributed by atoms with van der Waals surface area (Å²) in [5.41, 5.74) is 4.92. The molecule has 4 nitrogen and oxygen atoms in total. The molecule has 1 heterocycles. The van der Waals surface area contributed by atoms with Crippen molar-refractivity contribution in [3.63, 3.8) is 0 Å². The van der Waals surface area contributed by atoms with Gasteiger partial charge in [0.25, 0.3) is 0 Å². The Morgan fingerprint density at radius 3 is 1.97 bits per heavy atom. The summed E-state index contributed by atoms with van der Waals surface area (Å²) < 4.78 is 0. The Morgan fingerprint density at radius 1 is 0.839 bits per heavy atom. The zero-order valence-corrected chi connectivity index (χ0v) is 18.4. The van der Waals surface area contributed by atoms with Gasteiger partial charge in [-0.3, -0.25) is 9.69 Å². The molecule has 4 heteroatoms. The summed E-state index contributed by atoms with van der Waals surface area (Å²) >= 11 is 0. The maximum absolute atomic E-state index is 13.1. The van der Waals surface area contributed by atoms with E-state index in [2.05, 4.69) is 89.5 Å². The summed E-state index contributed by atoms with van der Waals surface area (Å²) in [7, 11) is 2.05. The molecule has 0 radical (unpaired) electrons. The van der Waals surface area contributed by atoms with Gasteiger partial charge >= 0.3 is 0 Å². The predicted molar refractivity (Wildman–Crippen MR) is 127 cm³/mol. The van der Waals surface area contributed by atoms with Crippen LogP contribution in [0.1, 0.15) is 22.7 Å². The minimum absolute atomic E-state index is 0.0555. The molecule has 0 unspecified atom stereocenters. The summed E-state index contributed by atoms with van der Waals surface area (Å²) in [6, 6.07) is 29.5. The lowest BCUT2D eigenvalue weighted by molar-refractivity contribution is -0.132. The number of hydrogen-bond acceptors (Lipinski definition) is 3. The van der Waals surface area contributed by atoms with E-state index in [1.165, 1.54) is 22.4 Å². The monoisotopic (exact) mass is 413 g/mol. The average Bonchev–Trinajstić information content (AvgIpc) is 2.81. The minimum atomic E-state index is 0.0555. The molecule has 3 aromatic carbocycles. The molecular weight excluding hydrogens is 382 g/mol. The first-order valence-corrected chi connectivity index (χ1v) is 11.0. The van der Waals surface area contributed by atoms with Gasteiger partial charge in [0.05, 0.1) is 12.6 Å². The number of amides is 1. The third kappa shape index (κ3) is 5.15. The number of carbonyl (C=O) groups excluding carboxylic acids is 1. The number of nitrogens with zero attached hydrogens (tertiary/aromatic N) is 3. The van der Waals surface area contributed by atoms with Crippen LogP contribution in [0.15, 0.2) is 84.9 Å². The molecule has 31 heavy (non-hydrogen) atoms. The van der Waals surface area contributed by atoms with E-state index in [1.807, 2.05) is 24.1 Å². The van der Waals surface area contributed by atoms with Crippen LogP contribution in [0.3, 0.4) is 0 Å². The van der Waals surface area contributed by atoms with Crippen LogP contribution >= 0.6 is 0 Å². The summed E-state index contributed by atoms with van der Waals surface area (Å²) in [5.74, 6) is 0.197. The summed E-state index contributed by atoms with van der Waals surface area (Å²) in [6.07, 6.45) is 0. The number of hydrogen-bond donors (Lipinski definition) is 0. The maximum Gasteiger partial charge on any atom is 0.236 e. The lowest BCUT2D eigenvalue weighted by atomic mass is 9.97. The van der Waals surface area contributed by atoms with Gasteiger partial charge in [0.15, 0.2) is 0 Å². The highest BCUT2D eigenvalue weighted by atomic mass is 16.2. The van der Waals surface area contributed by atoms with E-state index in [1.54, 1.807) is 0 Å². The minimum Gasteiger partial charge on any atom is -0.368 e. The van der Waals surface area contributed by atoms with Crippen LogP contribution in [-0.4, -0.2) is 55.5 Å². The highest BCUT2D eigenvalue weighted by Crippen LogP contribution is 2.27. The largest absolute Gasteiger partial charge is 0.368 e. The smallest absolute Gasteiger partial charge is 0.236 e. The zero-order chi connectivity index (χ0) is 21.6. The lowest BCUT2D eigenvalue weighted by Crippen LogP contribution is -2.51. The van der Waals surface area contributed by atoms with Gasteiger partial charge in [0.1, 0.15) is 0 Å². The normalized spacial score (nSPS) is 14.3. The molecule has 1 aliphatic rings. The van der Waals surface area contributed by atoms with Crippen LogP contribution < -0.4 is 4.90 Å². The SMILES string of the molecule is Cc1cccc(N2CCN(C(=O)CN(C)C(c3ccccc3)c3ccccc3)CC2)c1. The van der Waals surface area contributed by atoms with E-state index >= 15 is 0 Å². The zero-order valence-electron chi connectivity index (χ0n) is 18.4. The number of piperazine rings is 1. The highest BCUT2D eigenvalue weighted by Gasteiger charge is 2.26. The molecule has 1 aliphatic heterocycles. The molecule has 160 valence electrons. The van der Waals surface area contributed by atoms with Gasteiger partial charge in [-0.15, -0.1) is 0 Å². The molecule has 0 atom stereocenters. The van der Waals surface area contributed by atoms with E-state index in [0.717, 1.165) is 26.2 Å². The maximum atomic E-state index is 13.1. The Labute approximate surface area is 185 Å². The number of likely N-dealkylation sites (N-methyl/N-ethyl adjacent to an activating group) is 1. The van der Waals surface area contributed by atoms with Crippen molar-refractivity contribution in [2.24, 2.45) is 0 Å². The number of anilines is 1. The van der Waals surface area contributed by atoms with Gasteiger partial charge in [-0.25, -0.2) is 0 Å². The second-order valence-corrected chi connectivity index (χ2v) is 8.35. The molecule has 0 spiro atoms. The molecule has 0 aromatic heterocycles. The van der Waals surface area contributed by atoms with Gasteiger partial charge in [-0.1, -0.05) is 72.8 Å². The van der Waals surface area contributed by atoms with Crippen LogP contribution in [-0.2, 0) is 4.79 Å². The van der Waals surface area contributed by atoms with Crippen LogP contribution in [0.4, 0.5) is 5.69 Å². The number of aryl methyl sites for hydroxylation is 1. The Kier molecular flexibility index (Phi) is 6.68. The Morgan fingerprint density at radius 2 is 1.42 bits per heavy atom. The van der Waals surface area contributed by atoms with E-state index in [4.69, 9.17) is 0 Å². The summed E-state index contributed by atoms with van der Waals surface area (Å²) in [4.78, 5) is 19.7. The van der Waals surface area contributed by atoms with Crippen molar-refractivity contribution in [3.05, 3.63) is 102 Å². The van der Waals surface area contributed by atoms with Crippen molar-refractivity contribution in [2.75, 3.05) is 44.7 Å². The number of rotatable bonds is 6. The van der Waals surface area contributed by atoms with Crippen LogP contribution in [0.2, 0.25) is 0 Å². The molecule has 0 N–H and O–H groups in total. The quantitative estimate of drug-likeness (QED) is 0.601. The van der Waals surface area contributed by atoms with Crippen LogP contribution in [0.5, 0.6) is 0 Å². The van der Waals surface area contributed by atoms with Gasteiger partial charge in [0.2, 0.25) is 5.91 Å². The van der Waals surface area contributed by atoms with Crippen molar-refractivity contribution >= 4 is 11.6 Å². The van der Waals surface area contributed by atoms with Crippen molar-refractivity contribution in [2.45, 2.75) is 13.0 Å². The van der Waals surface area contributed by atoms with Crippen molar-refractivity contribution in [3.8, 4) is 0 Å². The molecule has 4 rings (SSSR count). The van der Waals surface area contributed by atoms with E-state index < -0.39 is 0 Å². The Balaban J connectivity index is 1.41. The summed E-state index contributed by atoms with van der Waals surface area (Å²) in [6.45, 7) is 5.80. The highest BCUT2D eigenvalue weighted by molar-refractivity contribution is 5.78. The van der Waals surface area contributed by atoms with E-state index in [-0.39, 0.29) is 11.9 Å². The first kappa shape index (κ1) is 21.1. The fraction of sp³-hybridized carbons (Fsp3) is 0.296. The van der Waals surface area contributed by atoms with Crippen LogP contribution in [0, 0.1) is 6.92 Å². The molecule has 0 saturated carbocycles. The number of carbonyl (C=O) groups is 1. The first-order valence-electron chi connectivity index (χ1n) is 11.0. The first-order chi connectivity index (χ1) is 15.1. The van der Waals surface area contributed by atoms with E-state index in [9.17, 15) is 4.79 Å². The molecule has 0 bridgehead atoms. The second-order valence-electron chi connectivity index (χ2n) is 8.35. The molecule has 1 saturated heterocycles. The average molecular weight is 414 g/mol. The van der Waals surface area contributed by atoms with Gasteiger partial charge in [-0.05, 0) is 42.8 Å². The predicted octanol–water partition coefficient (Wildman–Crippen LogP) is 4.37. The Hall–Kier alpha value is -3.11. The molecule has 3 aromatic rings. The van der Waals surface area contributed by atoms with Gasteiger partial charge in [-0.2, -0.15) is 0 Å². The van der Waals surface area contributed by atoms with Gasteiger partial charge < -0.3 is 9.80 Å². The number of benzene rings is 3. The standard InChI is InChI=1S/C27H31N3O/c1-22-10-9-15-25(20-22)29-16-18-30(19-17-29)26(31)21-28(2)27(23-11-5-3-6-12-23)24-13-7-4-8-14-24/h3-15,20,27H,16-19,21H2,1-2H3. The fourth-order valence-corrected chi connectivity index (χ4v) is 4.42. The van der Waals surface area contributed by atoms with Crippen molar-refractivity contribution in [1.29, 1.82) is 0 Å². The topological polar surface area (TPSA) is 26.8 Å². The van der Waals surface area contributed by atoms with E-state index in [0.29, 0.717) is 6.54 Å². The molecule has 0 aliphatic carbocycles. The molecular formula is C27H31N3O. The lowest BCUT2D eigenvalue weighted by Gasteiger charge is -2.37. The Bertz CT molecular complexity index is 942. The molecule has 1 fully saturated rings. The summed E-state index contributed by atoms with van der Waals surface area (Å²) in [5, 5.41) is 0. The third-order valence-corrected chi connectivity index (χ3v) is 6.06. The van der Waals surface area contributed by atoms with Crippen molar-refractivity contribution < 1.29 is 4.79 Å². The van der Waals surface area contributed by atoms with Gasteiger partial charge in [0, 0.05) is 31.9 Å². The molecule has 1 amide bonds. The van der Waals surface area contributed by atoms with Crippen LogP contribution in [0.25, 0.3) is 0 Å². The second kappa shape index (κ2) is 9.80. The van der Waals surface area contributed by atoms with Crippen molar-refractivity contribution in [1.82, 2.24) is 9.80 Å². The fourth-order valence-electron chi connectivity index (χ4n) is 4.42.